The molecule has 0 aromatic carbocycles. The molecule has 0 aliphatic heterocycles. The number of rotatable bonds is 0. The van der Waals surface area contributed by atoms with Gasteiger partial charge in [0.05, 0.1) is 0 Å². The smallest absolute Gasteiger partial charge is 1.00 e. The van der Waals surface area contributed by atoms with Crippen molar-refractivity contribution in [2.24, 2.45) is 0 Å². The quantitative estimate of drug-likeness (QED) is 0.359. The largest absolute Gasteiger partial charge is 2.00 e. The van der Waals surface area contributed by atoms with Crippen molar-refractivity contribution in [1.29, 1.82) is 0 Å². The van der Waals surface area contributed by atoms with E-state index in [9.17, 15) is 0 Å². The Morgan fingerprint density at radius 2 is 1.00 bits per heavy atom. The van der Waals surface area contributed by atoms with Gasteiger partial charge < -0.3 is 2.85 Å². The van der Waals surface area contributed by atoms with Gasteiger partial charge in [-0.1, -0.05) is 0 Å². The van der Waals surface area contributed by atoms with Crippen LogP contribution >= 0.6 is 27.0 Å². The summed E-state index contributed by atoms with van der Waals surface area (Å²) in [6, 6.07) is 0. The van der Waals surface area contributed by atoms with Crippen molar-refractivity contribution in [3.63, 3.8) is 0 Å². The SMILES string of the molecule is S.S.[AlH3].[H-].[H-].[Mg+2]. The van der Waals surface area contributed by atoms with Crippen molar-refractivity contribution >= 4 is 67.4 Å². The number of hydrogen-bond acceptors (Lipinski definition) is 0. The molecule has 0 rings (SSSR count). The molecule has 0 nitrogen and oxygen atoms in total. The predicted octanol–water partition coefficient (Wildman–Crippen LogP) is -1.11. The Bertz CT molecular complexity index is 11.5. The van der Waals surface area contributed by atoms with Gasteiger partial charge in [0, 0.05) is 0 Å². The van der Waals surface area contributed by atoms with Crippen molar-refractivity contribution in [2.75, 3.05) is 0 Å². The van der Waals surface area contributed by atoms with Gasteiger partial charge in [-0.25, -0.2) is 0 Å². The van der Waals surface area contributed by atoms with E-state index < -0.39 is 0 Å². The second-order valence-corrected chi connectivity index (χ2v) is 0. The van der Waals surface area contributed by atoms with Crippen LogP contribution < -0.4 is 0 Å². The van der Waals surface area contributed by atoms with Crippen LogP contribution in [0.1, 0.15) is 2.85 Å². The summed E-state index contributed by atoms with van der Waals surface area (Å²) < 4.78 is 0. The average molecular weight is 124 g/mol. The molecule has 0 unspecified atom stereocenters. The molecule has 0 radical (unpaired) electrons. The first-order valence-electron chi connectivity index (χ1n) is 0. The molecule has 0 fully saturated rings. The summed E-state index contributed by atoms with van der Waals surface area (Å²) in [7, 11) is 0. The maximum Gasteiger partial charge on any atom is 2.00 e. The van der Waals surface area contributed by atoms with Gasteiger partial charge in [0.25, 0.3) is 0 Å². The van der Waals surface area contributed by atoms with Crippen LogP contribution in [0, 0.1) is 0 Å². The van der Waals surface area contributed by atoms with E-state index in [-0.39, 0.29) is 70.3 Å². The Morgan fingerprint density at radius 3 is 1.00 bits per heavy atom. The Labute approximate surface area is 69.9 Å². The minimum Gasteiger partial charge on any atom is -1.00 e. The average Bonchev–Trinajstić information content (AvgIpc) is 0. The van der Waals surface area contributed by atoms with Crippen molar-refractivity contribution in [1.82, 2.24) is 0 Å². The molecule has 26 valence electrons. The minimum atomic E-state index is 0. The molecule has 0 heterocycles. The molecule has 0 saturated carbocycles. The second kappa shape index (κ2) is 20.0. The summed E-state index contributed by atoms with van der Waals surface area (Å²) in [5, 5.41) is 0. The summed E-state index contributed by atoms with van der Waals surface area (Å²) in [6.45, 7) is 0. The normalized spacial score (nSPS) is 0. The Hall–Kier alpha value is 2.00. The molecule has 4 heavy (non-hydrogen) atoms. The summed E-state index contributed by atoms with van der Waals surface area (Å²) >= 11 is 0. The Kier molecular flexibility index (Phi) is 188. The van der Waals surface area contributed by atoms with E-state index in [1.54, 1.807) is 0 Å². The van der Waals surface area contributed by atoms with Crippen LogP contribution in [0.4, 0.5) is 0 Å². The molecule has 0 aliphatic carbocycles. The third kappa shape index (κ3) is 9.00. The summed E-state index contributed by atoms with van der Waals surface area (Å²) in [5.74, 6) is 0. The minimum absolute atomic E-state index is 0. The first-order chi connectivity index (χ1) is 0. The van der Waals surface area contributed by atoms with Crippen LogP contribution in [-0.4, -0.2) is 40.4 Å². The molecule has 0 aliphatic rings. The summed E-state index contributed by atoms with van der Waals surface area (Å²) in [5.41, 5.74) is 0. The fourth-order valence-corrected chi connectivity index (χ4v) is 0. The molecule has 0 aromatic heterocycles. The monoisotopic (exact) mass is 124 g/mol. The zero-order valence-corrected chi connectivity index (χ0v) is 5.12. The van der Waals surface area contributed by atoms with E-state index in [0.717, 1.165) is 0 Å². The Balaban J connectivity index is 0. The van der Waals surface area contributed by atoms with Crippen molar-refractivity contribution < 1.29 is 2.85 Å². The van der Waals surface area contributed by atoms with E-state index >= 15 is 0 Å². The van der Waals surface area contributed by atoms with Gasteiger partial charge >= 0.3 is 23.1 Å². The van der Waals surface area contributed by atoms with E-state index in [1.807, 2.05) is 0 Å². The van der Waals surface area contributed by atoms with E-state index in [1.165, 1.54) is 0 Å². The summed E-state index contributed by atoms with van der Waals surface area (Å²) in [4.78, 5) is 0. The molecule has 0 saturated heterocycles. The molecule has 0 bridgehead atoms. The predicted molar refractivity (Wildman–Crippen MR) is 38.7 cm³/mol. The molecular weight excluding hydrogens is 115 g/mol. The van der Waals surface area contributed by atoms with Crippen LogP contribution in [0.25, 0.3) is 0 Å². The van der Waals surface area contributed by atoms with E-state index in [2.05, 4.69) is 0 Å². The van der Waals surface area contributed by atoms with Crippen LogP contribution in [0.5, 0.6) is 0 Å². The maximum atomic E-state index is 0. The summed E-state index contributed by atoms with van der Waals surface area (Å²) in [6.07, 6.45) is 0. The molecule has 0 N–H and O–H groups in total. The van der Waals surface area contributed by atoms with E-state index in [4.69, 9.17) is 0 Å². The van der Waals surface area contributed by atoms with Crippen molar-refractivity contribution in [3.8, 4) is 0 Å². The van der Waals surface area contributed by atoms with Crippen molar-refractivity contribution in [2.45, 2.75) is 0 Å². The zero-order valence-electron chi connectivity index (χ0n) is 3.71. The van der Waals surface area contributed by atoms with Gasteiger partial charge in [-0.05, 0) is 0 Å². The van der Waals surface area contributed by atoms with Gasteiger partial charge in [0.15, 0.2) is 17.4 Å². The van der Waals surface area contributed by atoms with E-state index in [0.29, 0.717) is 0 Å². The van der Waals surface area contributed by atoms with Crippen molar-refractivity contribution in [3.05, 3.63) is 0 Å². The molecule has 0 aromatic rings. The van der Waals surface area contributed by atoms with Gasteiger partial charge in [0.2, 0.25) is 0 Å². The second-order valence-electron chi connectivity index (χ2n) is 0. The molecule has 0 atom stereocenters. The van der Waals surface area contributed by atoms with Crippen LogP contribution in [-0.2, 0) is 0 Å². The first-order valence-corrected chi connectivity index (χ1v) is 0. The molecule has 0 spiro atoms. The fourth-order valence-electron chi connectivity index (χ4n) is 0. The fraction of sp³-hybridized carbons (Fsp3) is 0. The van der Waals surface area contributed by atoms with Gasteiger partial charge in [0.1, 0.15) is 0 Å². The Morgan fingerprint density at radius 1 is 1.00 bits per heavy atom. The maximum absolute atomic E-state index is 0. The van der Waals surface area contributed by atoms with Gasteiger partial charge in [-0.15, -0.1) is 0 Å². The third-order valence-electron chi connectivity index (χ3n) is 0. The molecule has 4 heteroatoms. The first kappa shape index (κ1) is 37.5. The van der Waals surface area contributed by atoms with Gasteiger partial charge in [-0.3, -0.25) is 0 Å². The topological polar surface area (TPSA) is 0 Å². The zero-order chi connectivity index (χ0) is 0. The third-order valence-corrected chi connectivity index (χ3v) is 0. The van der Waals surface area contributed by atoms with Crippen LogP contribution in [0.3, 0.4) is 0 Å². The number of hydrogen-bond donors (Lipinski definition) is 0. The molecule has 0 amide bonds. The van der Waals surface area contributed by atoms with Crippen LogP contribution in [0.2, 0.25) is 0 Å². The molecular formula is H9AlMgS2. The standard InChI is InChI=1S/Al.Mg.2H2S.5H/h;;2*1H2;;;;;/q;+2;;;;;;2*-1. The van der Waals surface area contributed by atoms with Gasteiger partial charge in [-0.2, -0.15) is 27.0 Å². The van der Waals surface area contributed by atoms with Crippen LogP contribution in [0.15, 0.2) is 0 Å².